The predicted octanol–water partition coefficient (Wildman–Crippen LogP) is 4.43. The highest BCUT2D eigenvalue weighted by atomic mass is 16.5. The number of nitrogens with zero attached hydrogens (tertiary/aromatic N) is 2. The van der Waals surface area contributed by atoms with E-state index in [2.05, 4.69) is 41.4 Å². The van der Waals surface area contributed by atoms with Gasteiger partial charge in [0.05, 0.1) is 12.6 Å². The molecule has 1 aromatic heterocycles. The van der Waals surface area contributed by atoms with Gasteiger partial charge in [0.15, 0.2) is 0 Å². The fourth-order valence-corrected chi connectivity index (χ4v) is 3.47. The monoisotopic (exact) mass is 391 g/mol. The third kappa shape index (κ3) is 4.47. The number of aromatic nitrogens is 2. The van der Waals surface area contributed by atoms with Crippen LogP contribution in [0.2, 0.25) is 0 Å². The van der Waals surface area contributed by atoms with E-state index in [4.69, 9.17) is 9.26 Å². The molecule has 2 heterocycles. The zero-order chi connectivity index (χ0) is 20.2. The number of carbonyl (C=O) groups is 1. The van der Waals surface area contributed by atoms with E-state index in [0.29, 0.717) is 37.1 Å². The molecule has 0 saturated heterocycles. The maximum atomic E-state index is 12.4. The number of carbonyl (C=O) groups excluding carboxylic acids is 1. The molecule has 1 atom stereocenters. The van der Waals surface area contributed by atoms with Crippen LogP contribution in [0.5, 0.6) is 5.75 Å². The van der Waals surface area contributed by atoms with Gasteiger partial charge in [-0.1, -0.05) is 61.5 Å². The lowest BCUT2D eigenvalue weighted by atomic mass is 10.0. The summed E-state index contributed by atoms with van der Waals surface area (Å²) in [6, 6.07) is 16.0. The largest absolute Gasteiger partial charge is 0.493 e. The van der Waals surface area contributed by atoms with Gasteiger partial charge in [-0.2, -0.15) is 4.98 Å². The molecular formula is C23H25N3O3. The molecule has 0 aliphatic carbocycles. The SMILES string of the molecule is CC(C)c1ccc(-c2noc(CCC(=O)NC3CCOc4ccccc43)n2)cc1. The van der Waals surface area contributed by atoms with Gasteiger partial charge in [-0.3, -0.25) is 4.79 Å². The van der Waals surface area contributed by atoms with Crippen molar-refractivity contribution in [1.29, 1.82) is 0 Å². The Morgan fingerprint density at radius 2 is 1.97 bits per heavy atom. The van der Waals surface area contributed by atoms with E-state index in [1.807, 2.05) is 36.4 Å². The Bertz CT molecular complexity index is 979. The molecule has 2 aromatic carbocycles. The first kappa shape index (κ1) is 19.2. The number of benzene rings is 2. The summed E-state index contributed by atoms with van der Waals surface area (Å²) >= 11 is 0. The average Bonchev–Trinajstić information content (AvgIpc) is 3.22. The smallest absolute Gasteiger partial charge is 0.227 e. The normalized spacial score (nSPS) is 15.6. The molecule has 0 bridgehead atoms. The number of aryl methyl sites for hydroxylation is 1. The third-order valence-corrected chi connectivity index (χ3v) is 5.16. The van der Waals surface area contributed by atoms with Crippen molar-refractivity contribution < 1.29 is 14.1 Å². The molecule has 29 heavy (non-hydrogen) atoms. The molecule has 0 spiro atoms. The van der Waals surface area contributed by atoms with Crippen LogP contribution in [0, 0.1) is 0 Å². The maximum Gasteiger partial charge on any atom is 0.227 e. The average molecular weight is 391 g/mol. The van der Waals surface area contributed by atoms with Gasteiger partial charge in [-0.25, -0.2) is 0 Å². The van der Waals surface area contributed by atoms with E-state index in [-0.39, 0.29) is 11.9 Å². The number of rotatable bonds is 6. The van der Waals surface area contributed by atoms with Gasteiger partial charge in [0.2, 0.25) is 17.6 Å². The molecule has 4 rings (SSSR count). The highest BCUT2D eigenvalue weighted by Crippen LogP contribution is 2.31. The lowest BCUT2D eigenvalue weighted by molar-refractivity contribution is -0.122. The Balaban J connectivity index is 1.34. The Morgan fingerprint density at radius 1 is 1.17 bits per heavy atom. The molecule has 1 aliphatic heterocycles. The van der Waals surface area contributed by atoms with Crippen LogP contribution >= 0.6 is 0 Å². The van der Waals surface area contributed by atoms with Crippen LogP contribution in [0.4, 0.5) is 0 Å². The number of fused-ring (bicyclic) bond motifs is 1. The molecular weight excluding hydrogens is 366 g/mol. The van der Waals surface area contributed by atoms with Crippen molar-refractivity contribution >= 4 is 5.91 Å². The number of ether oxygens (including phenoxy) is 1. The van der Waals surface area contributed by atoms with Gasteiger partial charge in [0.1, 0.15) is 5.75 Å². The highest BCUT2D eigenvalue weighted by Gasteiger charge is 2.22. The summed E-state index contributed by atoms with van der Waals surface area (Å²) in [7, 11) is 0. The molecule has 3 aromatic rings. The number of amides is 1. The first-order valence-electron chi connectivity index (χ1n) is 10.0. The van der Waals surface area contributed by atoms with Crippen molar-refractivity contribution in [3.63, 3.8) is 0 Å². The van der Waals surface area contributed by atoms with Crippen LogP contribution in [0.25, 0.3) is 11.4 Å². The fraction of sp³-hybridized carbons (Fsp3) is 0.348. The van der Waals surface area contributed by atoms with Crippen LogP contribution < -0.4 is 10.1 Å². The van der Waals surface area contributed by atoms with Crippen molar-refractivity contribution in [1.82, 2.24) is 15.5 Å². The lowest BCUT2D eigenvalue weighted by Crippen LogP contribution is -2.32. The summed E-state index contributed by atoms with van der Waals surface area (Å²) in [5.74, 6) is 2.30. The van der Waals surface area contributed by atoms with E-state index in [1.165, 1.54) is 5.56 Å². The molecule has 1 unspecified atom stereocenters. The van der Waals surface area contributed by atoms with Crippen molar-refractivity contribution in [2.45, 2.75) is 45.1 Å². The fourth-order valence-electron chi connectivity index (χ4n) is 3.47. The van der Waals surface area contributed by atoms with Gasteiger partial charge in [-0.05, 0) is 17.5 Å². The zero-order valence-electron chi connectivity index (χ0n) is 16.7. The third-order valence-electron chi connectivity index (χ3n) is 5.16. The van der Waals surface area contributed by atoms with Gasteiger partial charge in [-0.15, -0.1) is 0 Å². The summed E-state index contributed by atoms with van der Waals surface area (Å²) in [5, 5.41) is 7.14. The summed E-state index contributed by atoms with van der Waals surface area (Å²) in [6.45, 7) is 4.92. The molecule has 6 heteroatoms. The Kier molecular flexibility index (Phi) is 5.60. The second kappa shape index (κ2) is 8.47. The molecule has 150 valence electrons. The van der Waals surface area contributed by atoms with Gasteiger partial charge in [0.25, 0.3) is 0 Å². The minimum Gasteiger partial charge on any atom is -0.493 e. The second-order valence-corrected chi connectivity index (χ2v) is 7.58. The van der Waals surface area contributed by atoms with Crippen molar-refractivity contribution in [3.8, 4) is 17.1 Å². The maximum absolute atomic E-state index is 12.4. The summed E-state index contributed by atoms with van der Waals surface area (Å²) in [5.41, 5.74) is 3.20. The Labute approximate surface area is 170 Å². The number of nitrogens with one attached hydrogen (secondary N) is 1. The summed E-state index contributed by atoms with van der Waals surface area (Å²) < 4.78 is 11.0. The van der Waals surface area contributed by atoms with Gasteiger partial charge < -0.3 is 14.6 Å². The Morgan fingerprint density at radius 3 is 2.76 bits per heavy atom. The van der Waals surface area contributed by atoms with Crippen LogP contribution in [-0.2, 0) is 11.2 Å². The molecule has 0 radical (unpaired) electrons. The predicted molar refractivity (Wildman–Crippen MR) is 110 cm³/mol. The highest BCUT2D eigenvalue weighted by molar-refractivity contribution is 5.76. The van der Waals surface area contributed by atoms with E-state index in [1.54, 1.807) is 0 Å². The second-order valence-electron chi connectivity index (χ2n) is 7.58. The van der Waals surface area contributed by atoms with Crippen molar-refractivity contribution in [3.05, 3.63) is 65.5 Å². The van der Waals surface area contributed by atoms with E-state index < -0.39 is 0 Å². The van der Waals surface area contributed by atoms with Gasteiger partial charge in [0, 0.05) is 30.4 Å². The topological polar surface area (TPSA) is 77.2 Å². The van der Waals surface area contributed by atoms with Gasteiger partial charge >= 0.3 is 0 Å². The molecule has 1 aliphatic rings. The van der Waals surface area contributed by atoms with E-state index >= 15 is 0 Å². The van der Waals surface area contributed by atoms with Crippen LogP contribution in [0.15, 0.2) is 53.1 Å². The number of hydrogen-bond acceptors (Lipinski definition) is 5. The lowest BCUT2D eigenvalue weighted by Gasteiger charge is -2.26. The zero-order valence-corrected chi connectivity index (χ0v) is 16.7. The Hall–Kier alpha value is -3.15. The van der Waals surface area contributed by atoms with Crippen LogP contribution in [-0.4, -0.2) is 22.7 Å². The molecule has 1 amide bonds. The molecule has 6 nitrogen and oxygen atoms in total. The molecule has 0 fully saturated rings. The minimum absolute atomic E-state index is 0.0230. The number of hydrogen-bond donors (Lipinski definition) is 1. The van der Waals surface area contributed by atoms with E-state index in [0.717, 1.165) is 23.3 Å². The first-order chi connectivity index (χ1) is 14.1. The molecule has 1 N–H and O–H groups in total. The van der Waals surface area contributed by atoms with Crippen molar-refractivity contribution in [2.24, 2.45) is 0 Å². The van der Waals surface area contributed by atoms with E-state index in [9.17, 15) is 4.79 Å². The van der Waals surface area contributed by atoms with Crippen molar-refractivity contribution in [2.75, 3.05) is 6.61 Å². The minimum atomic E-state index is -0.0345. The van der Waals surface area contributed by atoms with Crippen LogP contribution in [0.3, 0.4) is 0 Å². The molecule has 0 saturated carbocycles. The summed E-state index contributed by atoms with van der Waals surface area (Å²) in [4.78, 5) is 16.9. The summed E-state index contributed by atoms with van der Waals surface area (Å²) in [6.07, 6.45) is 1.47. The number of para-hydroxylation sites is 1. The van der Waals surface area contributed by atoms with Crippen LogP contribution in [0.1, 0.15) is 55.7 Å². The first-order valence-corrected chi connectivity index (χ1v) is 10.0. The quantitative estimate of drug-likeness (QED) is 0.672. The standard InChI is InChI=1S/C23H25N3O3/c1-15(2)16-7-9-17(10-8-16)23-25-22(29-26-23)12-11-21(27)24-19-13-14-28-20-6-4-3-5-18(19)20/h3-10,15,19H,11-14H2,1-2H3,(H,24,27).